The molecule has 0 saturated carbocycles. The van der Waals surface area contributed by atoms with Crippen LogP contribution >= 0.6 is 0 Å². The zero-order valence-electron chi connectivity index (χ0n) is 15.0. The van der Waals surface area contributed by atoms with E-state index >= 15 is 0 Å². The highest BCUT2D eigenvalue weighted by molar-refractivity contribution is 5.87. The van der Waals surface area contributed by atoms with Crippen LogP contribution in [0.2, 0.25) is 0 Å². The minimum absolute atomic E-state index is 0.0106. The Morgan fingerprint density at radius 1 is 1.19 bits per heavy atom. The molecule has 134 valence electrons. The summed E-state index contributed by atoms with van der Waals surface area (Å²) < 4.78 is 11.0. The van der Waals surface area contributed by atoms with Gasteiger partial charge >= 0.3 is 0 Å². The lowest BCUT2D eigenvalue weighted by atomic mass is 10.0. The highest BCUT2D eigenvalue weighted by Crippen LogP contribution is 2.29. The molecule has 1 N–H and O–H groups in total. The van der Waals surface area contributed by atoms with Gasteiger partial charge in [-0.1, -0.05) is 23.8 Å². The van der Waals surface area contributed by atoms with Crippen LogP contribution in [0.4, 0.5) is 0 Å². The Bertz CT molecular complexity index is 961. The van der Waals surface area contributed by atoms with Crippen LogP contribution in [0.15, 0.2) is 42.5 Å². The molecule has 4 rings (SSSR count). The largest absolute Gasteiger partial charge is 0.493 e. The number of hydrogen-bond acceptors (Lipinski definition) is 3. The maximum Gasteiger partial charge on any atom is 0.260 e. The van der Waals surface area contributed by atoms with Gasteiger partial charge in [-0.05, 0) is 31.2 Å². The van der Waals surface area contributed by atoms with Crippen molar-refractivity contribution in [3.63, 3.8) is 0 Å². The molecular weight excluding hydrogens is 328 g/mol. The van der Waals surface area contributed by atoms with Crippen molar-refractivity contribution >= 4 is 16.8 Å². The monoisotopic (exact) mass is 350 g/mol. The number of ether oxygens (including phenoxy) is 2. The molecular formula is C21H22N2O3. The molecule has 0 radical (unpaired) electrons. The van der Waals surface area contributed by atoms with Crippen LogP contribution in [0, 0.1) is 6.92 Å². The summed E-state index contributed by atoms with van der Waals surface area (Å²) in [6.07, 6.45) is 0.837. The fraction of sp³-hybridized carbons (Fsp3) is 0.286. The van der Waals surface area contributed by atoms with Gasteiger partial charge in [-0.25, -0.2) is 0 Å². The Kier molecular flexibility index (Phi) is 4.29. The first kappa shape index (κ1) is 16.5. The molecule has 5 heteroatoms. The maximum absolute atomic E-state index is 12.7. The average Bonchev–Trinajstić information content (AvgIpc) is 3.03. The highest BCUT2D eigenvalue weighted by atomic mass is 16.5. The van der Waals surface area contributed by atoms with Crippen LogP contribution in [-0.2, 0) is 17.8 Å². The van der Waals surface area contributed by atoms with Gasteiger partial charge in [0.2, 0.25) is 0 Å². The molecule has 0 unspecified atom stereocenters. The SMILES string of the molecule is COc1ccccc1OCC(=O)N1CCc2[nH]c3ccc(C)cc3c2C1. The smallest absolute Gasteiger partial charge is 0.260 e. The number of benzene rings is 2. The molecule has 0 fully saturated rings. The first-order valence-electron chi connectivity index (χ1n) is 8.79. The van der Waals surface area contributed by atoms with E-state index in [0.29, 0.717) is 24.6 Å². The van der Waals surface area contributed by atoms with E-state index in [1.165, 1.54) is 22.2 Å². The van der Waals surface area contributed by atoms with Crippen molar-refractivity contribution in [2.75, 3.05) is 20.3 Å². The van der Waals surface area contributed by atoms with Gasteiger partial charge in [0.25, 0.3) is 5.91 Å². The van der Waals surface area contributed by atoms with E-state index in [9.17, 15) is 4.79 Å². The Balaban J connectivity index is 1.49. The molecule has 0 saturated heterocycles. The third-order valence-electron chi connectivity index (χ3n) is 4.90. The lowest BCUT2D eigenvalue weighted by Crippen LogP contribution is -2.38. The highest BCUT2D eigenvalue weighted by Gasteiger charge is 2.24. The van der Waals surface area contributed by atoms with Gasteiger partial charge in [-0.3, -0.25) is 4.79 Å². The van der Waals surface area contributed by atoms with Gasteiger partial charge in [-0.15, -0.1) is 0 Å². The number of aryl methyl sites for hydroxylation is 1. The Morgan fingerprint density at radius 2 is 2.00 bits per heavy atom. The number of aromatic nitrogens is 1. The zero-order chi connectivity index (χ0) is 18.1. The topological polar surface area (TPSA) is 54.6 Å². The number of hydrogen-bond donors (Lipinski definition) is 1. The van der Waals surface area contributed by atoms with Crippen LogP contribution in [-0.4, -0.2) is 36.1 Å². The molecule has 1 aliphatic heterocycles. The van der Waals surface area contributed by atoms with Crippen molar-refractivity contribution in [3.05, 3.63) is 59.3 Å². The summed E-state index contributed by atoms with van der Waals surface area (Å²) in [6, 6.07) is 13.8. The van der Waals surface area contributed by atoms with E-state index in [4.69, 9.17) is 9.47 Å². The Hall–Kier alpha value is -2.95. The number of H-pyrrole nitrogens is 1. The van der Waals surface area contributed by atoms with E-state index in [0.717, 1.165) is 11.9 Å². The molecule has 26 heavy (non-hydrogen) atoms. The number of carbonyl (C=O) groups excluding carboxylic acids is 1. The summed E-state index contributed by atoms with van der Waals surface area (Å²) >= 11 is 0. The molecule has 0 aliphatic carbocycles. The number of amides is 1. The molecule has 0 atom stereocenters. The molecule has 1 amide bonds. The lowest BCUT2D eigenvalue weighted by molar-refractivity contribution is -0.134. The van der Waals surface area contributed by atoms with E-state index in [1.54, 1.807) is 7.11 Å². The predicted octanol–water partition coefficient (Wildman–Crippen LogP) is 3.45. The normalized spacial score (nSPS) is 13.5. The summed E-state index contributed by atoms with van der Waals surface area (Å²) in [4.78, 5) is 18.0. The van der Waals surface area contributed by atoms with E-state index in [1.807, 2.05) is 29.2 Å². The second-order valence-electron chi connectivity index (χ2n) is 6.64. The van der Waals surface area contributed by atoms with Gasteiger partial charge in [0.15, 0.2) is 18.1 Å². The maximum atomic E-state index is 12.7. The van der Waals surface area contributed by atoms with E-state index in [-0.39, 0.29) is 12.5 Å². The lowest BCUT2D eigenvalue weighted by Gasteiger charge is -2.27. The predicted molar refractivity (Wildman–Crippen MR) is 101 cm³/mol. The summed E-state index contributed by atoms with van der Waals surface area (Å²) in [7, 11) is 1.59. The fourth-order valence-electron chi connectivity index (χ4n) is 3.51. The van der Waals surface area contributed by atoms with Crippen molar-refractivity contribution in [1.82, 2.24) is 9.88 Å². The Labute approximate surface area is 152 Å². The molecule has 0 spiro atoms. The average molecular weight is 350 g/mol. The van der Waals surface area contributed by atoms with Gasteiger partial charge in [-0.2, -0.15) is 0 Å². The van der Waals surface area contributed by atoms with Crippen molar-refractivity contribution in [2.45, 2.75) is 19.9 Å². The van der Waals surface area contributed by atoms with Crippen LogP contribution in [0.3, 0.4) is 0 Å². The molecule has 1 aromatic heterocycles. The third kappa shape index (κ3) is 3.01. The minimum Gasteiger partial charge on any atom is -0.493 e. The number of methoxy groups -OCH3 is 1. The van der Waals surface area contributed by atoms with Crippen molar-refractivity contribution in [2.24, 2.45) is 0 Å². The molecule has 0 bridgehead atoms. The number of rotatable bonds is 4. The van der Waals surface area contributed by atoms with E-state index < -0.39 is 0 Å². The van der Waals surface area contributed by atoms with Crippen LogP contribution in [0.5, 0.6) is 11.5 Å². The quantitative estimate of drug-likeness (QED) is 0.784. The standard InChI is InChI=1S/C21H22N2O3/c1-14-7-8-17-15(11-14)16-12-23(10-9-18(16)22-17)21(24)13-26-20-6-4-3-5-19(20)25-2/h3-8,11,22H,9-10,12-13H2,1-2H3. The second kappa shape index (κ2) is 6.75. The first-order chi connectivity index (χ1) is 12.7. The summed E-state index contributed by atoms with van der Waals surface area (Å²) in [5, 5.41) is 1.21. The summed E-state index contributed by atoms with van der Waals surface area (Å²) in [5.41, 5.74) is 4.82. The van der Waals surface area contributed by atoms with Crippen LogP contribution < -0.4 is 9.47 Å². The minimum atomic E-state index is -0.0106. The van der Waals surface area contributed by atoms with E-state index in [2.05, 4.69) is 30.1 Å². The fourth-order valence-corrected chi connectivity index (χ4v) is 3.51. The van der Waals surface area contributed by atoms with Crippen molar-refractivity contribution < 1.29 is 14.3 Å². The van der Waals surface area contributed by atoms with Gasteiger partial charge < -0.3 is 19.4 Å². The zero-order valence-corrected chi connectivity index (χ0v) is 15.0. The third-order valence-corrected chi connectivity index (χ3v) is 4.90. The molecule has 1 aliphatic rings. The van der Waals surface area contributed by atoms with Gasteiger partial charge in [0.05, 0.1) is 7.11 Å². The molecule has 5 nitrogen and oxygen atoms in total. The van der Waals surface area contributed by atoms with Crippen molar-refractivity contribution in [1.29, 1.82) is 0 Å². The summed E-state index contributed by atoms with van der Waals surface area (Å²) in [5.74, 6) is 1.21. The molecule has 2 heterocycles. The molecule has 2 aromatic carbocycles. The number of fused-ring (bicyclic) bond motifs is 3. The molecule has 3 aromatic rings. The van der Waals surface area contributed by atoms with Gasteiger partial charge in [0, 0.05) is 41.7 Å². The number of carbonyl (C=O) groups is 1. The van der Waals surface area contributed by atoms with Crippen LogP contribution in [0.25, 0.3) is 10.9 Å². The number of nitrogens with one attached hydrogen (secondary N) is 1. The van der Waals surface area contributed by atoms with Gasteiger partial charge in [0.1, 0.15) is 0 Å². The van der Waals surface area contributed by atoms with Crippen molar-refractivity contribution in [3.8, 4) is 11.5 Å². The second-order valence-corrected chi connectivity index (χ2v) is 6.64. The summed E-state index contributed by atoms with van der Waals surface area (Å²) in [6.45, 7) is 3.42. The Morgan fingerprint density at radius 3 is 2.81 bits per heavy atom. The first-order valence-corrected chi connectivity index (χ1v) is 8.79. The number of para-hydroxylation sites is 2. The van der Waals surface area contributed by atoms with Crippen LogP contribution in [0.1, 0.15) is 16.8 Å². The number of nitrogens with zero attached hydrogens (tertiary/aromatic N) is 1. The number of aromatic amines is 1.